The number of aromatic nitrogens is 1. The number of carbonyl (C=O) groups is 4. The number of hydrogen-bond donors (Lipinski definition) is 4. The maximum absolute atomic E-state index is 13.0. The first-order chi connectivity index (χ1) is 15.3. The standard InChI is InChI=1S/C22H22N6O4/c23-19(29)13-5-3-6-14(11-13)25-20(30)18-9-4-10-27(18)22(32)26-16-12-28(21(24)31)17-8-2-1-7-15(16)17/h1-3,5-8,11-12,18H,4,9-10H2,(H2,23,29)(H2,24,31)(H,25,30)(H,26,32)/t18-/m0/s1. The van der Waals surface area contributed by atoms with Gasteiger partial charge in [-0.15, -0.1) is 0 Å². The van der Waals surface area contributed by atoms with Gasteiger partial charge in [-0.3, -0.25) is 14.2 Å². The first-order valence-corrected chi connectivity index (χ1v) is 10.0. The van der Waals surface area contributed by atoms with Crippen molar-refractivity contribution in [3.05, 3.63) is 60.3 Å². The van der Waals surface area contributed by atoms with Gasteiger partial charge in [-0.2, -0.15) is 0 Å². The fraction of sp³-hybridized carbons (Fsp3) is 0.182. The van der Waals surface area contributed by atoms with Gasteiger partial charge >= 0.3 is 12.1 Å². The van der Waals surface area contributed by atoms with Crippen LogP contribution in [-0.2, 0) is 4.79 Å². The Morgan fingerprint density at radius 3 is 2.50 bits per heavy atom. The normalized spacial score (nSPS) is 15.5. The van der Waals surface area contributed by atoms with Gasteiger partial charge in [0.2, 0.25) is 11.8 Å². The number of hydrogen-bond acceptors (Lipinski definition) is 4. The second kappa shape index (κ2) is 8.42. The van der Waals surface area contributed by atoms with Gasteiger partial charge < -0.3 is 27.0 Å². The van der Waals surface area contributed by atoms with Crippen LogP contribution >= 0.6 is 0 Å². The van der Waals surface area contributed by atoms with E-state index in [9.17, 15) is 19.2 Å². The van der Waals surface area contributed by atoms with Crippen LogP contribution in [0.3, 0.4) is 0 Å². The van der Waals surface area contributed by atoms with Gasteiger partial charge in [0, 0.05) is 29.4 Å². The van der Waals surface area contributed by atoms with E-state index in [0.29, 0.717) is 41.7 Å². The van der Waals surface area contributed by atoms with Crippen molar-refractivity contribution < 1.29 is 19.2 Å². The molecule has 4 rings (SSSR count). The van der Waals surface area contributed by atoms with E-state index in [2.05, 4.69) is 10.6 Å². The number of fused-ring (bicyclic) bond motifs is 1. The Bertz CT molecular complexity index is 1230. The average molecular weight is 434 g/mol. The van der Waals surface area contributed by atoms with Crippen LogP contribution in [0.15, 0.2) is 54.7 Å². The van der Waals surface area contributed by atoms with Crippen molar-refractivity contribution in [1.82, 2.24) is 9.47 Å². The predicted molar refractivity (Wildman–Crippen MR) is 119 cm³/mol. The number of anilines is 2. The highest BCUT2D eigenvalue weighted by atomic mass is 16.2. The molecule has 10 heteroatoms. The Labute approximate surface area is 183 Å². The van der Waals surface area contributed by atoms with E-state index in [4.69, 9.17) is 11.5 Å². The van der Waals surface area contributed by atoms with Gasteiger partial charge in [0.15, 0.2) is 0 Å². The lowest BCUT2D eigenvalue weighted by atomic mass is 10.1. The smallest absolute Gasteiger partial charge is 0.323 e. The highest BCUT2D eigenvalue weighted by molar-refractivity contribution is 6.06. The third kappa shape index (κ3) is 3.97. The molecular formula is C22H22N6O4. The molecule has 1 aromatic heterocycles. The first-order valence-electron chi connectivity index (χ1n) is 10.0. The topological polar surface area (TPSA) is 153 Å². The summed E-state index contributed by atoms with van der Waals surface area (Å²) in [5.41, 5.74) is 12.4. The van der Waals surface area contributed by atoms with Gasteiger partial charge in [-0.25, -0.2) is 9.59 Å². The van der Waals surface area contributed by atoms with Gasteiger partial charge in [-0.05, 0) is 37.1 Å². The fourth-order valence-electron chi connectivity index (χ4n) is 3.91. The lowest BCUT2D eigenvalue weighted by Crippen LogP contribution is -2.45. The molecular weight excluding hydrogens is 412 g/mol. The highest BCUT2D eigenvalue weighted by Crippen LogP contribution is 2.27. The average Bonchev–Trinajstić information content (AvgIpc) is 3.40. The molecule has 0 aliphatic carbocycles. The van der Waals surface area contributed by atoms with Gasteiger partial charge in [0.1, 0.15) is 6.04 Å². The van der Waals surface area contributed by atoms with Crippen molar-refractivity contribution in [3.63, 3.8) is 0 Å². The van der Waals surface area contributed by atoms with Crippen LogP contribution in [0.1, 0.15) is 23.2 Å². The molecule has 0 radical (unpaired) electrons. The second-order valence-electron chi connectivity index (χ2n) is 7.48. The molecule has 0 unspecified atom stereocenters. The third-order valence-electron chi connectivity index (χ3n) is 5.42. The molecule has 1 aliphatic heterocycles. The summed E-state index contributed by atoms with van der Waals surface area (Å²) in [5.74, 6) is -0.961. The lowest BCUT2D eigenvalue weighted by Gasteiger charge is -2.24. The quantitative estimate of drug-likeness (QED) is 0.498. The number of nitrogens with one attached hydrogen (secondary N) is 2. The molecule has 0 bridgehead atoms. The second-order valence-corrected chi connectivity index (χ2v) is 7.48. The Kier molecular flexibility index (Phi) is 5.50. The zero-order chi connectivity index (χ0) is 22.8. The number of nitrogens with two attached hydrogens (primary N) is 2. The van der Waals surface area contributed by atoms with Crippen LogP contribution in [-0.4, -0.2) is 45.9 Å². The highest BCUT2D eigenvalue weighted by Gasteiger charge is 2.34. The van der Waals surface area contributed by atoms with Crippen molar-refractivity contribution in [2.24, 2.45) is 11.5 Å². The third-order valence-corrected chi connectivity index (χ3v) is 5.42. The number of nitrogens with zero attached hydrogens (tertiary/aromatic N) is 2. The van der Waals surface area contributed by atoms with E-state index in [1.54, 1.807) is 42.5 Å². The van der Waals surface area contributed by atoms with E-state index >= 15 is 0 Å². The molecule has 1 atom stereocenters. The molecule has 2 heterocycles. The fourth-order valence-corrected chi connectivity index (χ4v) is 3.91. The summed E-state index contributed by atoms with van der Waals surface area (Å²) in [6.45, 7) is 0.402. The number of para-hydroxylation sites is 1. The minimum Gasteiger partial charge on any atom is -0.366 e. The van der Waals surface area contributed by atoms with E-state index in [0.717, 1.165) is 0 Å². The molecule has 6 N–H and O–H groups in total. The van der Waals surface area contributed by atoms with E-state index in [-0.39, 0.29) is 11.5 Å². The molecule has 5 amide bonds. The zero-order valence-corrected chi connectivity index (χ0v) is 17.1. The number of carbonyl (C=O) groups excluding carboxylic acids is 4. The number of benzene rings is 2. The number of likely N-dealkylation sites (tertiary alicyclic amines) is 1. The maximum Gasteiger partial charge on any atom is 0.323 e. The molecule has 10 nitrogen and oxygen atoms in total. The van der Waals surface area contributed by atoms with Crippen LogP contribution in [0, 0.1) is 0 Å². The summed E-state index contributed by atoms with van der Waals surface area (Å²) >= 11 is 0. The summed E-state index contributed by atoms with van der Waals surface area (Å²) in [7, 11) is 0. The molecule has 32 heavy (non-hydrogen) atoms. The van der Waals surface area contributed by atoms with Crippen LogP contribution in [0.4, 0.5) is 21.0 Å². The number of amides is 5. The Hall–Kier alpha value is -4.34. The van der Waals surface area contributed by atoms with Crippen LogP contribution in [0.25, 0.3) is 10.9 Å². The summed E-state index contributed by atoms with van der Waals surface area (Å²) in [5, 5.41) is 6.19. The van der Waals surface area contributed by atoms with Crippen molar-refractivity contribution >= 4 is 46.2 Å². The van der Waals surface area contributed by atoms with E-state index in [1.807, 2.05) is 0 Å². The predicted octanol–water partition coefficient (Wildman–Crippen LogP) is 2.30. The molecule has 0 spiro atoms. The molecule has 164 valence electrons. The SMILES string of the molecule is NC(=O)c1cccc(NC(=O)[C@@H]2CCCN2C(=O)Nc2cn(C(N)=O)c3ccccc23)c1. The lowest BCUT2D eigenvalue weighted by molar-refractivity contribution is -0.119. The van der Waals surface area contributed by atoms with Gasteiger partial charge in [-0.1, -0.05) is 24.3 Å². The van der Waals surface area contributed by atoms with Gasteiger partial charge in [0.05, 0.1) is 11.2 Å². The Morgan fingerprint density at radius 2 is 1.75 bits per heavy atom. The molecule has 2 aromatic carbocycles. The van der Waals surface area contributed by atoms with E-state index in [1.165, 1.54) is 21.7 Å². The van der Waals surface area contributed by atoms with Crippen molar-refractivity contribution in [2.75, 3.05) is 17.2 Å². The largest absolute Gasteiger partial charge is 0.366 e. The van der Waals surface area contributed by atoms with Crippen LogP contribution in [0.5, 0.6) is 0 Å². The van der Waals surface area contributed by atoms with Crippen LogP contribution < -0.4 is 22.1 Å². The molecule has 1 saturated heterocycles. The molecule has 1 aliphatic rings. The summed E-state index contributed by atoms with van der Waals surface area (Å²) in [6, 6.07) is 11.5. The summed E-state index contributed by atoms with van der Waals surface area (Å²) < 4.78 is 1.25. The summed E-state index contributed by atoms with van der Waals surface area (Å²) in [4.78, 5) is 50.4. The van der Waals surface area contributed by atoms with Crippen molar-refractivity contribution in [2.45, 2.75) is 18.9 Å². The Morgan fingerprint density at radius 1 is 0.969 bits per heavy atom. The molecule has 1 fully saturated rings. The molecule has 3 aromatic rings. The first kappa shape index (κ1) is 20.9. The van der Waals surface area contributed by atoms with Crippen molar-refractivity contribution in [3.8, 4) is 0 Å². The Balaban J connectivity index is 1.51. The van der Waals surface area contributed by atoms with Crippen LogP contribution in [0.2, 0.25) is 0 Å². The molecule has 0 saturated carbocycles. The number of primary amides is 2. The van der Waals surface area contributed by atoms with E-state index < -0.39 is 24.0 Å². The van der Waals surface area contributed by atoms with Crippen molar-refractivity contribution in [1.29, 1.82) is 0 Å². The van der Waals surface area contributed by atoms with Gasteiger partial charge in [0.25, 0.3) is 0 Å². The monoisotopic (exact) mass is 434 g/mol. The minimum atomic E-state index is -0.684. The minimum absolute atomic E-state index is 0.273. The maximum atomic E-state index is 13.0. The zero-order valence-electron chi connectivity index (χ0n) is 17.1. The number of rotatable bonds is 4. The number of urea groups is 1. The summed E-state index contributed by atoms with van der Waals surface area (Å²) in [6.07, 6.45) is 2.62.